The van der Waals surface area contributed by atoms with Gasteiger partial charge in [-0.1, -0.05) is 190 Å². The van der Waals surface area contributed by atoms with Crippen LogP contribution in [-0.4, -0.2) is 0 Å². The Balaban J connectivity index is 1.11. The number of rotatable bonds is 4. The molecule has 1 spiro atoms. The SMILES string of the molecule is CC1(C)c2ccccc2-c2ccc(N(c3cccc(-c4ccccc4)c3)c3ccc4c(c3)C3(c5ccccc5-4)c4ccc5ccccc5c4Oc4c3ccc3ccccc43)cc21. The molecule has 0 saturated heterocycles. The van der Waals surface area contributed by atoms with Crippen molar-refractivity contribution in [2.45, 2.75) is 24.7 Å². The van der Waals surface area contributed by atoms with Crippen LogP contribution in [-0.2, 0) is 10.8 Å². The molecule has 0 amide bonds. The number of hydrogen-bond donors (Lipinski definition) is 0. The first-order valence-corrected chi connectivity index (χ1v) is 21.7. The smallest absolute Gasteiger partial charge is 0.140 e. The van der Waals surface area contributed by atoms with Crippen LogP contribution in [0.4, 0.5) is 17.1 Å². The zero-order valence-electron chi connectivity index (χ0n) is 34.6. The van der Waals surface area contributed by atoms with Gasteiger partial charge in [0.25, 0.3) is 0 Å². The van der Waals surface area contributed by atoms with Gasteiger partial charge in [0.15, 0.2) is 0 Å². The molecule has 0 saturated carbocycles. The first kappa shape index (κ1) is 35.1. The summed E-state index contributed by atoms with van der Waals surface area (Å²) < 4.78 is 7.27. The summed E-state index contributed by atoms with van der Waals surface area (Å²) >= 11 is 0. The van der Waals surface area contributed by atoms with Gasteiger partial charge >= 0.3 is 0 Å². The Morgan fingerprint density at radius 2 is 0.839 bits per heavy atom. The maximum Gasteiger partial charge on any atom is 0.140 e. The number of hydrogen-bond acceptors (Lipinski definition) is 2. The van der Waals surface area contributed by atoms with Crippen LogP contribution in [0.1, 0.15) is 47.2 Å². The quantitative estimate of drug-likeness (QED) is 0.176. The number of benzene rings is 10. The third kappa shape index (κ3) is 4.75. The third-order valence-corrected chi connectivity index (χ3v) is 14.1. The van der Waals surface area contributed by atoms with Gasteiger partial charge in [-0.15, -0.1) is 0 Å². The summed E-state index contributed by atoms with van der Waals surface area (Å²) in [6, 6.07) is 78.5. The maximum atomic E-state index is 7.27. The van der Waals surface area contributed by atoms with E-state index >= 15 is 0 Å². The molecule has 10 aromatic rings. The van der Waals surface area contributed by atoms with E-state index in [1.54, 1.807) is 0 Å². The number of ether oxygens (including phenoxy) is 1. The van der Waals surface area contributed by atoms with Crippen molar-refractivity contribution in [2.24, 2.45) is 0 Å². The fraction of sp³-hybridized carbons (Fsp3) is 0.0667. The fourth-order valence-electron chi connectivity index (χ4n) is 11.3. The molecule has 0 unspecified atom stereocenters. The van der Waals surface area contributed by atoms with Crippen molar-refractivity contribution in [1.82, 2.24) is 0 Å². The van der Waals surface area contributed by atoms with Crippen LogP contribution < -0.4 is 9.64 Å². The Labute approximate surface area is 362 Å². The van der Waals surface area contributed by atoms with E-state index in [1.165, 1.54) is 55.6 Å². The van der Waals surface area contributed by atoms with Gasteiger partial charge in [0.1, 0.15) is 11.5 Å². The zero-order valence-corrected chi connectivity index (χ0v) is 34.6. The van der Waals surface area contributed by atoms with Crippen LogP contribution >= 0.6 is 0 Å². The molecular weight excluding hydrogens is 751 g/mol. The van der Waals surface area contributed by atoms with Gasteiger partial charge in [0.05, 0.1) is 5.41 Å². The van der Waals surface area contributed by atoms with E-state index in [9.17, 15) is 0 Å². The molecular formula is C60H41NO. The molecule has 62 heavy (non-hydrogen) atoms. The van der Waals surface area contributed by atoms with E-state index in [2.05, 4.69) is 231 Å². The molecule has 1 heterocycles. The molecule has 2 nitrogen and oxygen atoms in total. The molecule has 3 aliphatic rings. The Kier molecular flexibility index (Phi) is 7.31. The van der Waals surface area contributed by atoms with Crippen molar-refractivity contribution >= 4 is 38.6 Å². The van der Waals surface area contributed by atoms with Crippen molar-refractivity contribution in [1.29, 1.82) is 0 Å². The average Bonchev–Trinajstić information content (AvgIpc) is 3.74. The summed E-state index contributed by atoms with van der Waals surface area (Å²) in [5, 5.41) is 4.56. The summed E-state index contributed by atoms with van der Waals surface area (Å²) in [6.07, 6.45) is 0. The molecule has 0 atom stereocenters. The predicted octanol–water partition coefficient (Wildman–Crippen LogP) is 15.9. The Morgan fingerprint density at radius 1 is 0.339 bits per heavy atom. The van der Waals surface area contributed by atoms with Crippen LogP contribution in [0.15, 0.2) is 212 Å². The van der Waals surface area contributed by atoms with Crippen LogP contribution in [0.5, 0.6) is 11.5 Å². The average molecular weight is 792 g/mol. The van der Waals surface area contributed by atoms with E-state index < -0.39 is 5.41 Å². The number of nitrogens with zero attached hydrogens (tertiary/aromatic N) is 1. The second-order valence-electron chi connectivity index (χ2n) is 17.6. The summed E-state index contributed by atoms with van der Waals surface area (Å²) in [6.45, 7) is 4.73. The van der Waals surface area contributed by atoms with Crippen LogP contribution in [0.2, 0.25) is 0 Å². The highest BCUT2D eigenvalue weighted by Crippen LogP contribution is 2.64. The first-order valence-electron chi connectivity index (χ1n) is 21.7. The lowest BCUT2D eigenvalue weighted by atomic mass is 9.65. The molecule has 1 aliphatic heterocycles. The van der Waals surface area contributed by atoms with Crippen LogP contribution in [0.3, 0.4) is 0 Å². The molecule has 292 valence electrons. The van der Waals surface area contributed by atoms with Crippen molar-refractivity contribution in [3.8, 4) is 44.9 Å². The van der Waals surface area contributed by atoms with E-state index in [0.717, 1.165) is 61.2 Å². The summed E-state index contributed by atoms with van der Waals surface area (Å²) in [7, 11) is 0. The van der Waals surface area contributed by atoms with E-state index in [0.29, 0.717) is 0 Å². The topological polar surface area (TPSA) is 12.5 Å². The molecule has 2 aliphatic carbocycles. The minimum Gasteiger partial charge on any atom is -0.455 e. The molecule has 0 radical (unpaired) electrons. The Hall–Kier alpha value is -7.68. The summed E-state index contributed by atoms with van der Waals surface area (Å²) in [5.41, 5.74) is 17.6. The number of anilines is 3. The van der Waals surface area contributed by atoms with Crippen LogP contribution in [0.25, 0.3) is 54.9 Å². The lowest BCUT2D eigenvalue weighted by Gasteiger charge is -2.40. The van der Waals surface area contributed by atoms with Gasteiger partial charge in [0, 0.05) is 44.4 Å². The molecule has 0 N–H and O–H groups in total. The van der Waals surface area contributed by atoms with Crippen molar-refractivity contribution in [3.63, 3.8) is 0 Å². The van der Waals surface area contributed by atoms with Crippen molar-refractivity contribution < 1.29 is 4.74 Å². The lowest BCUT2D eigenvalue weighted by Crippen LogP contribution is -2.32. The maximum absolute atomic E-state index is 7.27. The summed E-state index contributed by atoms with van der Waals surface area (Å²) in [4.78, 5) is 2.48. The summed E-state index contributed by atoms with van der Waals surface area (Å²) in [5.74, 6) is 1.85. The Bertz CT molecular complexity index is 3400. The van der Waals surface area contributed by atoms with E-state index in [-0.39, 0.29) is 5.41 Å². The predicted molar refractivity (Wildman–Crippen MR) is 257 cm³/mol. The minimum absolute atomic E-state index is 0.149. The van der Waals surface area contributed by atoms with Gasteiger partial charge in [-0.05, 0) is 103 Å². The first-order chi connectivity index (χ1) is 30.5. The monoisotopic (exact) mass is 791 g/mol. The molecule has 0 bridgehead atoms. The van der Waals surface area contributed by atoms with Gasteiger partial charge in [-0.2, -0.15) is 0 Å². The van der Waals surface area contributed by atoms with Gasteiger partial charge in [0.2, 0.25) is 0 Å². The largest absolute Gasteiger partial charge is 0.455 e. The zero-order chi connectivity index (χ0) is 41.2. The third-order valence-electron chi connectivity index (χ3n) is 14.1. The number of fused-ring (bicyclic) bond motifs is 16. The molecule has 10 aromatic carbocycles. The van der Waals surface area contributed by atoms with E-state index in [1.807, 2.05) is 0 Å². The van der Waals surface area contributed by atoms with Gasteiger partial charge in [-0.3, -0.25) is 0 Å². The molecule has 0 fully saturated rings. The van der Waals surface area contributed by atoms with Crippen LogP contribution in [0, 0.1) is 0 Å². The minimum atomic E-state index is -0.655. The van der Waals surface area contributed by atoms with Gasteiger partial charge in [-0.25, -0.2) is 0 Å². The molecule has 0 aromatic heterocycles. The lowest BCUT2D eigenvalue weighted by molar-refractivity contribution is 0.447. The van der Waals surface area contributed by atoms with E-state index in [4.69, 9.17) is 4.74 Å². The highest BCUT2D eigenvalue weighted by molar-refractivity contribution is 6.00. The molecule has 13 rings (SSSR count). The van der Waals surface area contributed by atoms with Crippen molar-refractivity contribution in [2.75, 3.05) is 4.90 Å². The normalized spacial score (nSPS) is 14.4. The molecule has 2 heteroatoms. The van der Waals surface area contributed by atoms with Crippen molar-refractivity contribution in [3.05, 3.63) is 246 Å². The van der Waals surface area contributed by atoms with Gasteiger partial charge < -0.3 is 9.64 Å². The highest BCUT2D eigenvalue weighted by Gasteiger charge is 2.52. The standard InChI is InChI=1S/C60H41NO/c1-59(2)51-25-12-10-23-47(51)49-31-29-43(36-55(49)59)61(42-20-14-19-41(35-42)38-15-4-3-5-16-38)44-30-32-50-48-24-11-13-26-52(48)60(56(50)37-44)53-33-27-39-17-6-8-21-45(39)57(53)62-58-46-22-9-7-18-40(46)28-34-54(58)60/h3-37H,1-2H3. The second kappa shape index (κ2) is 12.9. The Morgan fingerprint density at radius 3 is 1.52 bits per heavy atom. The second-order valence-corrected chi connectivity index (χ2v) is 17.6. The highest BCUT2D eigenvalue weighted by atomic mass is 16.5. The fourth-order valence-corrected chi connectivity index (χ4v) is 11.3.